The Balaban J connectivity index is 1.13. The number of benzene rings is 5. The van der Waals surface area contributed by atoms with Crippen LogP contribution in [0.3, 0.4) is 0 Å². The van der Waals surface area contributed by atoms with Crippen molar-refractivity contribution < 1.29 is 0 Å². The van der Waals surface area contributed by atoms with Gasteiger partial charge in [-0.15, -0.1) is 45.3 Å². The Morgan fingerprint density at radius 3 is 1.18 bits per heavy atom. The Kier molecular flexibility index (Phi) is 4.49. The third kappa shape index (κ3) is 3.06. The van der Waals surface area contributed by atoms with E-state index in [1.54, 1.807) is 0 Å². The zero-order chi connectivity index (χ0) is 24.8. The summed E-state index contributed by atoms with van der Waals surface area (Å²) in [4.78, 5) is 2.65. The van der Waals surface area contributed by atoms with Crippen LogP contribution in [0.4, 0.5) is 0 Å². The summed E-state index contributed by atoms with van der Waals surface area (Å²) >= 11 is 7.49. The first-order chi connectivity index (χ1) is 18.8. The molecule has 0 aliphatic heterocycles. The average Bonchev–Trinajstić information content (AvgIpc) is 3.77. The first-order valence-corrected chi connectivity index (χ1v) is 16.0. The highest BCUT2D eigenvalue weighted by molar-refractivity contribution is 7.24. The molecule has 38 heavy (non-hydrogen) atoms. The molecule has 9 rings (SSSR count). The van der Waals surface area contributed by atoms with Crippen molar-refractivity contribution in [3.8, 4) is 20.9 Å². The summed E-state index contributed by atoms with van der Waals surface area (Å²) in [5, 5.41) is 15.2. The third-order valence-electron chi connectivity index (χ3n) is 7.64. The zero-order valence-electron chi connectivity index (χ0n) is 20.0. The van der Waals surface area contributed by atoms with Gasteiger partial charge in [0.2, 0.25) is 0 Å². The molecule has 0 N–H and O–H groups in total. The molecule has 0 nitrogen and oxygen atoms in total. The second-order valence-electron chi connectivity index (χ2n) is 9.77. The lowest BCUT2D eigenvalue weighted by Crippen LogP contribution is -1.74. The van der Waals surface area contributed by atoms with Crippen molar-refractivity contribution in [2.45, 2.75) is 0 Å². The predicted octanol–water partition coefficient (Wildman–Crippen LogP) is 12.2. The van der Waals surface area contributed by atoms with Crippen molar-refractivity contribution in [1.29, 1.82) is 0 Å². The average molecular weight is 555 g/mol. The fourth-order valence-corrected chi connectivity index (χ4v) is 9.99. The van der Waals surface area contributed by atoms with Crippen LogP contribution in [-0.2, 0) is 0 Å². The quantitative estimate of drug-likeness (QED) is 0.199. The normalized spacial score (nSPS) is 12.2. The molecule has 0 saturated carbocycles. The Labute approximate surface area is 234 Å². The van der Waals surface area contributed by atoms with Crippen LogP contribution in [0, 0.1) is 0 Å². The number of hydrogen-bond donors (Lipinski definition) is 0. The van der Waals surface area contributed by atoms with Crippen LogP contribution in [-0.4, -0.2) is 0 Å². The van der Waals surface area contributed by atoms with Gasteiger partial charge in [-0.2, -0.15) is 0 Å². The summed E-state index contributed by atoms with van der Waals surface area (Å²) in [6, 6.07) is 36.6. The molecule has 5 aromatic carbocycles. The minimum absolute atomic E-state index is 1.28. The molecular weight excluding hydrogens is 537 g/mol. The highest BCUT2D eigenvalue weighted by Crippen LogP contribution is 2.43. The van der Waals surface area contributed by atoms with Crippen molar-refractivity contribution in [2.24, 2.45) is 0 Å². The summed E-state index contributed by atoms with van der Waals surface area (Å²) in [6.45, 7) is 0. The zero-order valence-corrected chi connectivity index (χ0v) is 23.3. The maximum absolute atomic E-state index is 2.35. The van der Waals surface area contributed by atoms with Crippen LogP contribution in [0.15, 0.2) is 108 Å². The van der Waals surface area contributed by atoms with Crippen LogP contribution in [0.1, 0.15) is 0 Å². The molecule has 9 aromatic rings. The lowest BCUT2D eigenvalue weighted by atomic mass is 10.0. The molecule has 0 aliphatic carbocycles. The van der Waals surface area contributed by atoms with Crippen LogP contribution in [0.25, 0.3) is 82.8 Å². The van der Waals surface area contributed by atoms with E-state index in [1.807, 2.05) is 45.3 Å². The number of thiophene rings is 4. The van der Waals surface area contributed by atoms with Crippen LogP contribution < -0.4 is 0 Å². The van der Waals surface area contributed by atoms with Gasteiger partial charge in [-0.1, -0.05) is 72.8 Å². The third-order valence-corrected chi connectivity index (χ3v) is 12.0. The molecule has 178 valence electrons. The van der Waals surface area contributed by atoms with E-state index >= 15 is 0 Å². The molecule has 4 heteroatoms. The van der Waals surface area contributed by atoms with E-state index in [9.17, 15) is 0 Å². The van der Waals surface area contributed by atoms with E-state index in [4.69, 9.17) is 0 Å². The van der Waals surface area contributed by atoms with Gasteiger partial charge in [-0.3, -0.25) is 0 Å². The van der Waals surface area contributed by atoms with Crippen molar-refractivity contribution in [1.82, 2.24) is 0 Å². The van der Waals surface area contributed by atoms with E-state index in [1.165, 1.54) is 82.8 Å². The van der Waals surface area contributed by atoms with Gasteiger partial charge in [0.25, 0.3) is 0 Å². The van der Waals surface area contributed by atoms with E-state index in [2.05, 4.69) is 108 Å². The van der Waals surface area contributed by atoms with Crippen molar-refractivity contribution >= 4 is 107 Å². The van der Waals surface area contributed by atoms with E-state index in [0.717, 1.165) is 0 Å². The summed E-state index contributed by atoms with van der Waals surface area (Å²) in [7, 11) is 0. The van der Waals surface area contributed by atoms with Crippen LogP contribution in [0.5, 0.6) is 0 Å². The van der Waals surface area contributed by atoms with E-state index in [0.29, 0.717) is 0 Å². The maximum atomic E-state index is 2.35. The monoisotopic (exact) mass is 554 g/mol. The molecule has 0 unspecified atom stereocenters. The van der Waals surface area contributed by atoms with Gasteiger partial charge < -0.3 is 0 Å². The summed E-state index contributed by atoms with van der Waals surface area (Å²) in [5.74, 6) is 0. The smallest absolute Gasteiger partial charge is 0.0428 e. The lowest BCUT2D eigenvalue weighted by molar-refractivity contribution is 1.69. The van der Waals surface area contributed by atoms with Crippen molar-refractivity contribution in [3.63, 3.8) is 0 Å². The van der Waals surface area contributed by atoms with Crippen LogP contribution in [0.2, 0.25) is 0 Å². The summed E-state index contributed by atoms with van der Waals surface area (Å²) in [5.41, 5.74) is 2.57. The van der Waals surface area contributed by atoms with E-state index in [-0.39, 0.29) is 0 Å². The molecular formula is C34H18S4. The molecule has 0 saturated heterocycles. The standard InChI is InChI=1S/C34H18S4/c1-2-20(30-18-24-8-12-26-28(34(24)38-30)10-6-22-14-16-36-32(22)26)4-3-19(1)29-17-23-7-11-25-27(33(23)37-29)9-5-21-13-15-35-31(21)25/h1-18H. The minimum atomic E-state index is 1.28. The molecule has 0 spiro atoms. The lowest BCUT2D eigenvalue weighted by Gasteiger charge is -2.01. The van der Waals surface area contributed by atoms with Crippen molar-refractivity contribution in [2.75, 3.05) is 0 Å². The van der Waals surface area contributed by atoms with Gasteiger partial charge in [-0.25, -0.2) is 0 Å². The van der Waals surface area contributed by atoms with Gasteiger partial charge >= 0.3 is 0 Å². The predicted molar refractivity (Wildman–Crippen MR) is 174 cm³/mol. The Hall–Kier alpha value is -3.54. The van der Waals surface area contributed by atoms with Crippen molar-refractivity contribution in [3.05, 3.63) is 108 Å². The molecule has 4 heterocycles. The molecule has 0 aliphatic rings. The number of rotatable bonds is 2. The fraction of sp³-hybridized carbons (Fsp3) is 0. The largest absolute Gasteiger partial charge is 0.143 e. The van der Waals surface area contributed by atoms with Gasteiger partial charge in [-0.05, 0) is 67.7 Å². The van der Waals surface area contributed by atoms with E-state index < -0.39 is 0 Å². The van der Waals surface area contributed by atoms with Gasteiger partial charge in [0.05, 0.1) is 0 Å². The second-order valence-corrected chi connectivity index (χ2v) is 13.7. The minimum Gasteiger partial charge on any atom is -0.143 e. The summed E-state index contributed by atoms with van der Waals surface area (Å²) < 4.78 is 5.54. The topological polar surface area (TPSA) is 0 Å². The molecule has 0 radical (unpaired) electrons. The number of hydrogen-bond acceptors (Lipinski definition) is 4. The Morgan fingerprint density at radius 1 is 0.342 bits per heavy atom. The first kappa shape index (κ1) is 21.4. The fourth-order valence-electron chi connectivity index (χ4n) is 5.74. The summed E-state index contributed by atoms with van der Waals surface area (Å²) in [6.07, 6.45) is 0. The SMILES string of the molecule is c1cc2ccc3c(ccc4cc(-c5ccc(-c6cc7ccc8c(ccc9ccsc98)c7s6)cc5)sc43)c2s1. The maximum Gasteiger partial charge on any atom is 0.0428 e. The molecule has 0 bridgehead atoms. The highest BCUT2D eigenvalue weighted by atomic mass is 32.1. The molecule has 0 amide bonds. The highest BCUT2D eigenvalue weighted by Gasteiger charge is 2.13. The Morgan fingerprint density at radius 2 is 0.737 bits per heavy atom. The first-order valence-electron chi connectivity index (χ1n) is 12.6. The molecule has 0 fully saturated rings. The number of fused-ring (bicyclic) bond motifs is 10. The van der Waals surface area contributed by atoms with Gasteiger partial charge in [0.15, 0.2) is 0 Å². The molecule has 0 atom stereocenters. The Bertz CT molecular complexity index is 2170. The molecule has 4 aromatic heterocycles. The second kappa shape index (κ2) is 7.98. The van der Waals surface area contributed by atoms with Gasteiger partial charge in [0, 0.05) is 50.1 Å². The van der Waals surface area contributed by atoms with Gasteiger partial charge in [0.1, 0.15) is 0 Å². The van der Waals surface area contributed by atoms with Crippen LogP contribution >= 0.6 is 45.3 Å².